The van der Waals surface area contributed by atoms with Gasteiger partial charge < -0.3 is 23.7 Å². The van der Waals surface area contributed by atoms with Crippen LogP contribution in [0.2, 0.25) is 0 Å². The van der Waals surface area contributed by atoms with Crippen LogP contribution in [-0.2, 0) is 19.0 Å². The molecule has 0 saturated carbocycles. The van der Waals surface area contributed by atoms with E-state index in [1.54, 1.807) is 0 Å². The minimum Gasteiger partial charge on any atom is -0.490 e. The maximum absolute atomic E-state index is 11.0. The Labute approximate surface area is 174 Å². The molecule has 0 aliphatic carbocycles. The monoisotopic (exact) mass is 408 g/mol. The second-order valence-corrected chi connectivity index (χ2v) is 6.85. The maximum Gasteiger partial charge on any atom is 0.330 e. The zero-order chi connectivity index (χ0) is 20.8. The van der Waals surface area contributed by atoms with Crippen molar-refractivity contribution < 1.29 is 28.5 Å². The Morgan fingerprint density at radius 2 is 1.43 bits per heavy atom. The number of benzene rings is 3. The van der Waals surface area contributed by atoms with Crippen molar-refractivity contribution in [2.24, 2.45) is 0 Å². The first kappa shape index (κ1) is 20.2. The normalized spacial score (nSPS) is 15.1. The molecule has 1 atom stereocenters. The smallest absolute Gasteiger partial charge is 0.330 e. The number of hydrogen-bond donors (Lipinski definition) is 0. The maximum atomic E-state index is 11.0. The SMILES string of the molecule is C=CC(=O)OCCOCCOc1c2ccccc2c(OCC2CO2)c2ccccc12. The molecule has 1 heterocycles. The lowest BCUT2D eigenvalue weighted by atomic mass is 10.0. The lowest BCUT2D eigenvalue weighted by Gasteiger charge is -2.17. The van der Waals surface area contributed by atoms with Gasteiger partial charge in [0.2, 0.25) is 0 Å². The van der Waals surface area contributed by atoms with Gasteiger partial charge in [0.15, 0.2) is 0 Å². The molecule has 0 amide bonds. The minimum absolute atomic E-state index is 0.182. The predicted octanol–water partition coefficient (Wildman–Crippen LogP) is 3.90. The second-order valence-electron chi connectivity index (χ2n) is 6.85. The number of esters is 1. The van der Waals surface area contributed by atoms with E-state index in [9.17, 15) is 4.79 Å². The minimum atomic E-state index is -0.455. The highest BCUT2D eigenvalue weighted by molar-refractivity contribution is 6.11. The number of carbonyl (C=O) groups is 1. The fourth-order valence-electron chi connectivity index (χ4n) is 3.26. The van der Waals surface area contributed by atoms with Crippen LogP contribution in [0.25, 0.3) is 21.5 Å². The molecule has 4 rings (SSSR count). The third-order valence-corrected chi connectivity index (χ3v) is 4.76. The largest absolute Gasteiger partial charge is 0.490 e. The molecule has 0 bridgehead atoms. The van der Waals surface area contributed by atoms with E-state index in [1.165, 1.54) is 0 Å². The molecule has 1 fully saturated rings. The molecule has 0 aromatic heterocycles. The average molecular weight is 408 g/mol. The van der Waals surface area contributed by atoms with Gasteiger partial charge in [0, 0.05) is 27.6 Å². The topological polar surface area (TPSA) is 66.5 Å². The van der Waals surface area contributed by atoms with Crippen LogP contribution in [0, 0.1) is 0 Å². The van der Waals surface area contributed by atoms with Gasteiger partial charge in [-0.05, 0) is 0 Å². The van der Waals surface area contributed by atoms with Crippen LogP contribution in [-0.4, -0.2) is 51.7 Å². The fourth-order valence-corrected chi connectivity index (χ4v) is 3.26. The van der Waals surface area contributed by atoms with Crippen LogP contribution in [0.5, 0.6) is 11.5 Å². The van der Waals surface area contributed by atoms with E-state index in [0.717, 1.165) is 45.7 Å². The molecule has 0 spiro atoms. The molecule has 156 valence electrons. The first-order chi connectivity index (χ1) is 14.8. The van der Waals surface area contributed by atoms with E-state index in [0.29, 0.717) is 26.4 Å². The summed E-state index contributed by atoms with van der Waals surface area (Å²) >= 11 is 0. The average Bonchev–Trinajstić information content (AvgIpc) is 3.61. The molecule has 6 nitrogen and oxygen atoms in total. The molecule has 6 heteroatoms. The molecule has 1 aliphatic heterocycles. The summed E-state index contributed by atoms with van der Waals surface area (Å²) in [5.74, 6) is 1.20. The van der Waals surface area contributed by atoms with E-state index in [2.05, 4.69) is 6.58 Å². The van der Waals surface area contributed by atoms with Crippen LogP contribution in [0.4, 0.5) is 0 Å². The highest BCUT2D eigenvalue weighted by Crippen LogP contribution is 2.42. The van der Waals surface area contributed by atoms with Crippen LogP contribution in [0.3, 0.4) is 0 Å². The predicted molar refractivity (Wildman–Crippen MR) is 114 cm³/mol. The number of ether oxygens (including phenoxy) is 5. The van der Waals surface area contributed by atoms with Crippen molar-refractivity contribution in [2.75, 3.05) is 39.6 Å². The third-order valence-electron chi connectivity index (χ3n) is 4.76. The standard InChI is InChI=1S/C24H24O6/c1-2-22(25)27-13-11-26-12-14-28-23-18-7-3-5-9-20(18)24(30-16-17-15-29-17)21-10-6-4-8-19(21)23/h2-10,17H,1,11-16H2. The fraction of sp³-hybridized carbons (Fsp3) is 0.292. The second kappa shape index (κ2) is 9.61. The lowest BCUT2D eigenvalue weighted by Crippen LogP contribution is -2.13. The summed E-state index contributed by atoms with van der Waals surface area (Å²) in [4.78, 5) is 11.0. The van der Waals surface area contributed by atoms with E-state index in [4.69, 9.17) is 23.7 Å². The summed E-state index contributed by atoms with van der Waals surface area (Å²) in [6.45, 7) is 5.89. The van der Waals surface area contributed by atoms with Crippen molar-refractivity contribution in [1.82, 2.24) is 0 Å². The number of fused-ring (bicyclic) bond motifs is 2. The van der Waals surface area contributed by atoms with Gasteiger partial charge in [-0.3, -0.25) is 0 Å². The summed E-state index contributed by atoms with van der Waals surface area (Å²) in [6.07, 6.45) is 1.31. The Morgan fingerprint density at radius 3 is 1.97 bits per heavy atom. The third kappa shape index (κ3) is 4.72. The van der Waals surface area contributed by atoms with Gasteiger partial charge >= 0.3 is 5.97 Å². The molecular weight excluding hydrogens is 384 g/mol. The first-order valence-corrected chi connectivity index (χ1v) is 9.95. The first-order valence-electron chi connectivity index (χ1n) is 9.95. The van der Waals surface area contributed by atoms with Crippen molar-refractivity contribution >= 4 is 27.5 Å². The Bertz CT molecular complexity index is 983. The number of carbonyl (C=O) groups excluding carboxylic acids is 1. The van der Waals surface area contributed by atoms with E-state index in [-0.39, 0.29) is 12.7 Å². The number of epoxide rings is 1. The number of hydrogen-bond acceptors (Lipinski definition) is 6. The zero-order valence-electron chi connectivity index (χ0n) is 16.7. The number of rotatable bonds is 11. The molecule has 1 unspecified atom stereocenters. The molecule has 1 saturated heterocycles. The van der Waals surface area contributed by atoms with Gasteiger partial charge in [0.05, 0.1) is 19.8 Å². The van der Waals surface area contributed by atoms with Gasteiger partial charge in [-0.1, -0.05) is 55.1 Å². The Hall–Kier alpha value is -3.09. The highest BCUT2D eigenvalue weighted by Gasteiger charge is 2.24. The Morgan fingerprint density at radius 1 is 0.900 bits per heavy atom. The molecular formula is C24H24O6. The highest BCUT2D eigenvalue weighted by atomic mass is 16.6. The molecule has 30 heavy (non-hydrogen) atoms. The summed E-state index contributed by atoms with van der Waals surface area (Å²) in [5.41, 5.74) is 0. The van der Waals surface area contributed by atoms with Crippen LogP contribution < -0.4 is 9.47 Å². The van der Waals surface area contributed by atoms with E-state index >= 15 is 0 Å². The molecule has 0 N–H and O–H groups in total. The van der Waals surface area contributed by atoms with Gasteiger partial charge in [0.1, 0.15) is 37.4 Å². The van der Waals surface area contributed by atoms with Gasteiger partial charge in [0.25, 0.3) is 0 Å². The van der Waals surface area contributed by atoms with Gasteiger partial charge in [-0.2, -0.15) is 0 Å². The summed E-state index contributed by atoms with van der Waals surface area (Å²) in [5, 5.41) is 3.99. The summed E-state index contributed by atoms with van der Waals surface area (Å²) < 4.78 is 28.0. The molecule has 0 radical (unpaired) electrons. The van der Waals surface area contributed by atoms with E-state index < -0.39 is 5.97 Å². The van der Waals surface area contributed by atoms with Crippen LogP contribution in [0.15, 0.2) is 61.2 Å². The lowest BCUT2D eigenvalue weighted by molar-refractivity contribution is -0.139. The van der Waals surface area contributed by atoms with Gasteiger partial charge in [-0.15, -0.1) is 0 Å². The quantitative estimate of drug-likeness (QED) is 0.158. The van der Waals surface area contributed by atoms with Crippen molar-refractivity contribution in [3.63, 3.8) is 0 Å². The van der Waals surface area contributed by atoms with Crippen LogP contribution >= 0.6 is 0 Å². The van der Waals surface area contributed by atoms with E-state index in [1.807, 2.05) is 48.5 Å². The molecule has 1 aliphatic rings. The zero-order valence-corrected chi connectivity index (χ0v) is 16.7. The Balaban J connectivity index is 1.50. The van der Waals surface area contributed by atoms with Crippen molar-refractivity contribution in [1.29, 1.82) is 0 Å². The van der Waals surface area contributed by atoms with Crippen LogP contribution in [0.1, 0.15) is 0 Å². The van der Waals surface area contributed by atoms with Crippen molar-refractivity contribution in [3.8, 4) is 11.5 Å². The molecule has 3 aromatic carbocycles. The van der Waals surface area contributed by atoms with Crippen molar-refractivity contribution in [2.45, 2.75) is 6.10 Å². The summed E-state index contributed by atoms with van der Waals surface area (Å²) in [7, 11) is 0. The van der Waals surface area contributed by atoms with Crippen molar-refractivity contribution in [3.05, 3.63) is 61.2 Å². The Kier molecular flexibility index (Phi) is 6.47. The van der Waals surface area contributed by atoms with Gasteiger partial charge in [-0.25, -0.2) is 4.79 Å². The molecule has 3 aromatic rings. The summed E-state index contributed by atoms with van der Waals surface area (Å²) in [6, 6.07) is 16.1.